The molecule has 0 amide bonds. The van der Waals surface area contributed by atoms with Gasteiger partial charge in [0.05, 0.1) is 6.10 Å². The van der Waals surface area contributed by atoms with Gasteiger partial charge in [0.1, 0.15) is 6.04 Å². The molecule has 1 aliphatic carbocycles. The highest BCUT2D eigenvalue weighted by Crippen LogP contribution is 2.39. The molecular weight excluding hydrogens is 250 g/mol. The van der Waals surface area contributed by atoms with Crippen LogP contribution in [0.3, 0.4) is 0 Å². The first-order valence-electron chi connectivity index (χ1n) is 6.28. The number of carboxylic acid groups (broad SMARTS) is 1. The number of rotatable bonds is 3. The lowest BCUT2D eigenvalue weighted by Gasteiger charge is -2.46. The average Bonchev–Trinajstić information content (AvgIpc) is 2.74. The van der Waals surface area contributed by atoms with E-state index in [1.807, 2.05) is 11.4 Å². The van der Waals surface area contributed by atoms with Gasteiger partial charge in [-0.1, -0.05) is 0 Å². The van der Waals surface area contributed by atoms with Gasteiger partial charge in [0.25, 0.3) is 0 Å². The second kappa shape index (κ2) is 4.64. The van der Waals surface area contributed by atoms with Crippen LogP contribution >= 0.6 is 11.3 Å². The maximum Gasteiger partial charge on any atom is 0.325 e. The van der Waals surface area contributed by atoms with Gasteiger partial charge in [0, 0.05) is 24.6 Å². The molecule has 4 nitrogen and oxygen atoms in total. The number of methoxy groups -OCH3 is 1. The minimum atomic E-state index is -0.727. The first kappa shape index (κ1) is 12.1. The zero-order valence-corrected chi connectivity index (χ0v) is 11.2. The normalized spacial score (nSPS) is 31.7. The number of carboxylic acids is 1. The van der Waals surface area contributed by atoms with Crippen molar-refractivity contribution in [2.45, 2.75) is 37.5 Å². The summed E-state index contributed by atoms with van der Waals surface area (Å²) in [6.45, 7) is 0.853. The second-order valence-corrected chi connectivity index (χ2v) is 6.01. The van der Waals surface area contributed by atoms with Crippen LogP contribution < -0.4 is 0 Å². The van der Waals surface area contributed by atoms with Gasteiger partial charge in [-0.2, -0.15) is 0 Å². The zero-order chi connectivity index (χ0) is 12.7. The Morgan fingerprint density at radius 3 is 3.00 bits per heavy atom. The van der Waals surface area contributed by atoms with Gasteiger partial charge in [-0.25, -0.2) is 0 Å². The smallest absolute Gasteiger partial charge is 0.325 e. The van der Waals surface area contributed by atoms with E-state index >= 15 is 0 Å². The van der Waals surface area contributed by atoms with E-state index in [-0.39, 0.29) is 0 Å². The average molecular weight is 267 g/mol. The molecule has 1 aliphatic heterocycles. The SMILES string of the molecule is COC1CC(N2CCc3sccc3C2C(=O)O)C1. The number of ether oxygens (including phenoxy) is 1. The molecule has 3 rings (SSSR count). The predicted octanol–water partition coefficient (Wildman–Crippen LogP) is 1.91. The minimum absolute atomic E-state index is 0.313. The standard InChI is InChI=1S/C13H17NO3S/c1-17-9-6-8(7-9)14-4-2-11-10(3-5-18-11)12(14)13(15)16/h3,5,8-9,12H,2,4,6-7H2,1H3,(H,15,16). The van der Waals surface area contributed by atoms with Crippen LogP contribution in [0.4, 0.5) is 0 Å². The van der Waals surface area contributed by atoms with E-state index in [0.717, 1.165) is 31.4 Å². The van der Waals surface area contributed by atoms with Crippen LogP contribution in [0.25, 0.3) is 0 Å². The molecule has 0 aromatic carbocycles. The van der Waals surface area contributed by atoms with Crippen molar-refractivity contribution >= 4 is 17.3 Å². The summed E-state index contributed by atoms with van der Waals surface area (Å²) in [5.74, 6) is -0.727. The molecule has 2 aliphatic rings. The highest BCUT2D eigenvalue weighted by molar-refractivity contribution is 7.10. The summed E-state index contributed by atoms with van der Waals surface area (Å²) in [6, 6.07) is 1.88. The van der Waals surface area contributed by atoms with Crippen LogP contribution in [0.1, 0.15) is 29.3 Å². The zero-order valence-electron chi connectivity index (χ0n) is 10.3. The van der Waals surface area contributed by atoms with Crippen molar-refractivity contribution in [2.75, 3.05) is 13.7 Å². The molecule has 2 heterocycles. The van der Waals surface area contributed by atoms with Gasteiger partial charge in [-0.3, -0.25) is 9.69 Å². The number of hydrogen-bond acceptors (Lipinski definition) is 4. The van der Waals surface area contributed by atoms with Gasteiger partial charge in [-0.15, -0.1) is 11.3 Å². The summed E-state index contributed by atoms with van der Waals surface area (Å²) in [7, 11) is 1.72. The van der Waals surface area contributed by atoms with Crippen molar-refractivity contribution in [1.29, 1.82) is 0 Å². The number of carbonyl (C=O) groups is 1. The second-order valence-electron chi connectivity index (χ2n) is 5.01. The third kappa shape index (κ3) is 1.86. The first-order valence-corrected chi connectivity index (χ1v) is 7.16. The van der Waals surface area contributed by atoms with Gasteiger partial charge in [-0.05, 0) is 36.3 Å². The molecule has 1 atom stereocenters. The lowest BCUT2D eigenvalue weighted by atomic mass is 9.84. The van der Waals surface area contributed by atoms with Crippen molar-refractivity contribution < 1.29 is 14.6 Å². The Balaban J connectivity index is 1.81. The summed E-state index contributed by atoms with van der Waals surface area (Å²) in [6.07, 6.45) is 3.21. The van der Waals surface area contributed by atoms with Crippen LogP contribution in [0.2, 0.25) is 0 Å². The highest BCUT2D eigenvalue weighted by atomic mass is 32.1. The molecular formula is C13H17NO3S. The summed E-state index contributed by atoms with van der Waals surface area (Å²) >= 11 is 1.68. The Labute approximate surface area is 110 Å². The Bertz CT molecular complexity index is 453. The minimum Gasteiger partial charge on any atom is -0.480 e. The summed E-state index contributed by atoms with van der Waals surface area (Å²) in [5.41, 5.74) is 1.000. The highest BCUT2D eigenvalue weighted by Gasteiger charge is 2.42. The lowest BCUT2D eigenvalue weighted by Crippen LogP contribution is -2.52. The quantitative estimate of drug-likeness (QED) is 0.909. The van der Waals surface area contributed by atoms with Crippen LogP contribution in [0, 0.1) is 0 Å². The number of aliphatic carboxylic acids is 1. The molecule has 0 saturated heterocycles. The van der Waals surface area contributed by atoms with Gasteiger partial charge in [0.2, 0.25) is 0 Å². The molecule has 0 radical (unpaired) electrons. The fourth-order valence-electron chi connectivity index (χ4n) is 3.01. The molecule has 18 heavy (non-hydrogen) atoms. The largest absolute Gasteiger partial charge is 0.480 e. The number of hydrogen-bond donors (Lipinski definition) is 1. The van der Waals surface area contributed by atoms with Gasteiger partial charge < -0.3 is 9.84 Å². The molecule has 0 bridgehead atoms. The third-order valence-corrected chi connectivity index (χ3v) is 5.11. The molecule has 0 spiro atoms. The maximum absolute atomic E-state index is 11.6. The van der Waals surface area contributed by atoms with Crippen molar-refractivity contribution in [2.24, 2.45) is 0 Å². The van der Waals surface area contributed by atoms with Crippen molar-refractivity contribution in [3.8, 4) is 0 Å². The van der Waals surface area contributed by atoms with E-state index < -0.39 is 12.0 Å². The van der Waals surface area contributed by atoms with E-state index in [2.05, 4.69) is 4.90 Å². The topological polar surface area (TPSA) is 49.8 Å². The van der Waals surface area contributed by atoms with Crippen molar-refractivity contribution in [1.82, 2.24) is 4.90 Å². The molecule has 1 aromatic heterocycles. The Kier molecular flexibility index (Phi) is 3.13. The van der Waals surface area contributed by atoms with Crippen LogP contribution in [0.5, 0.6) is 0 Å². The summed E-state index contributed by atoms with van der Waals surface area (Å²) < 4.78 is 5.29. The Morgan fingerprint density at radius 1 is 1.56 bits per heavy atom. The van der Waals surface area contributed by atoms with Crippen molar-refractivity contribution in [3.63, 3.8) is 0 Å². The van der Waals surface area contributed by atoms with E-state index in [4.69, 9.17) is 4.74 Å². The first-order chi connectivity index (χ1) is 8.70. The van der Waals surface area contributed by atoms with Crippen LogP contribution in [-0.4, -0.2) is 41.8 Å². The summed E-state index contributed by atoms with van der Waals surface area (Å²) in [5, 5.41) is 11.5. The van der Waals surface area contributed by atoms with E-state index in [0.29, 0.717) is 12.1 Å². The molecule has 1 fully saturated rings. The van der Waals surface area contributed by atoms with Gasteiger partial charge in [0.15, 0.2) is 0 Å². The fourth-order valence-corrected chi connectivity index (χ4v) is 3.91. The summed E-state index contributed by atoms with van der Waals surface area (Å²) in [4.78, 5) is 14.9. The number of thiophene rings is 1. The molecule has 1 unspecified atom stereocenters. The Morgan fingerprint density at radius 2 is 2.33 bits per heavy atom. The van der Waals surface area contributed by atoms with Gasteiger partial charge >= 0.3 is 5.97 Å². The maximum atomic E-state index is 11.6. The van der Waals surface area contributed by atoms with E-state index in [1.165, 1.54) is 4.88 Å². The van der Waals surface area contributed by atoms with Crippen LogP contribution in [0.15, 0.2) is 11.4 Å². The van der Waals surface area contributed by atoms with Crippen LogP contribution in [-0.2, 0) is 16.0 Å². The third-order valence-electron chi connectivity index (χ3n) is 4.11. The predicted molar refractivity (Wildman–Crippen MR) is 68.9 cm³/mol. The fraction of sp³-hybridized carbons (Fsp3) is 0.615. The molecule has 1 N–H and O–H groups in total. The number of nitrogens with zero attached hydrogens (tertiary/aromatic N) is 1. The molecule has 5 heteroatoms. The monoisotopic (exact) mass is 267 g/mol. The van der Waals surface area contributed by atoms with Crippen molar-refractivity contribution in [3.05, 3.63) is 21.9 Å². The molecule has 1 saturated carbocycles. The van der Waals surface area contributed by atoms with E-state index in [9.17, 15) is 9.90 Å². The molecule has 98 valence electrons. The molecule has 1 aromatic rings. The number of fused-ring (bicyclic) bond motifs is 1. The lowest BCUT2D eigenvalue weighted by molar-refractivity contribution is -0.148. The van der Waals surface area contributed by atoms with E-state index in [1.54, 1.807) is 18.4 Å². The Hall–Kier alpha value is -0.910.